The Balaban J connectivity index is 1.17. The number of nitrogens with one attached hydrogen (secondary N) is 2. The number of carbonyl (C=O) groups excluding carboxylic acids is 4. The second-order valence-electron chi connectivity index (χ2n) is 12.8. The maximum Gasteiger partial charge on any atom is 0.385 e. The van der Waals surface area contributed by atoms with Crippen molar-refractivity contribution >= 4 is 34.6 Å². The zero-order valence-electron chi connectivity index (χ0n) is 29.5. The van der Waals surface area contributed by atoms with Gasteiger partial charge in [-0.2, -0.15) is 0 Å². The van der Waals surface area contributed by atoms with Gasteiger partial charge in [0.1, 0.15) is 12.6 Å². The molecule has 4 amide bonds. The minimum absolute atomic E-state index is 0.115. The monoisotopic (exact) mass is 707 g/mol. The quantitative estimate of drug-likeness (QED) is 0.164. The number of hydrogen-bond acceptors (Lipinski definition) is 6. The van der Waals surface area contributed by atoms with Crippen molar-refractivity contribution in [3.8, 4) is 11.8 Å². The van der Waals surface area contributed by atoms with Crippen LogP contribution in [-0.4, -0.2) is 71.5 Å². The molecule has 0 aliphatic carbocycles. The molecular formula is C43H41N5O5. The Morgan fingerprint density at radius 1 is 0.811 bits per heavy atom. The smallest absolute Gasteiger partial charge is 0.385 e. The van der Waals surface area contributed by atoms with Crippen LogP contribution in [-0.2, 0) is 45.2 Å². The van der Waals surface area contributed by atoms with Crippen LogP contribution < -0.4 is 10.6 Å². The highest BCUT2D eigenvalue weighted by molar-refractivity contribution is 5.91. The number of urea groups is 1. The third kappa shape index (κ3) is 10.1. The highest BCUT2D eigenvalue weighted by atomic mass is 16.5. The van der Waals surface area contributed by atoms with Gasteiger partial charge in [0.2, 0.25) is 11.8 Å². The number of hydrazine groups is 1. The second kappa shape index (κ2) is 17.7. The summed E-state index contributed by atoms with van der Waals surface area (Å²) in [5.41, 5.74) is 4.22. The van der Waals surface area contributed by atoms with Crippen molar-refractivity contribution in [1.29, 1.82) is 0 Å². The summed E-state index contributed by atoms with van der Waals surface area (Å²) in [4.78, 5) is 55.0. The minimum atomic E-state index is -0.862. The number of fused-ring (bicyclic) bond motifs is 1. The van der Waals surface area contributed by atoms with Crippen LogP contribution in [0, 0.1) is 11.8 Å². The van der Waals surface area contributed by atoms with Crippen molar-refractivity contribution in [3.05, 3.63) is 155 Å². The summed E-state index contributed by atoms with van der Waals surface area (Å²) < 4.78 is 5.25. The van der Waals surface area contributed by atoms with E-state index in [1.54, 1.807) is 29.1 Å². The summed E-state index contributed by atoms with van der Waals surface area (Å²) in [6.45, 7) is 1.21. The molecule has 2 N–H and O–H groups in total. The van der Waals surface area contributed by atoms with Gasteiger partial charge in [0.05, 0.1) is 6.54 Å². The van der Waals surface area contributed by atoms with Gasteiger partial charge in [0, 0.05) is 51.1 Å². The first-order valence-electron chi connectivity index (χ1n) is 17.5. The van der Waals surface area contributed by atoms with E-state index in [0.29, 0.717) is 18.7 Å². The van der Waals surface area contributed by atoms with Gasteiger partial charge in [-0.25, -0.2) is 14.6 Å². The van der Waals surface area contributed by atoms with Crippen LogP contribution in [0.3, 0.4) is 0 Å². The number of carbonyl (C=O) groups is 4. The van der Waals surface area contributed by atoms with E-state index in [9.17, 15) is 19.2 Å². The lowest BCUT2D eigenvalue weighted by Crippen LogP contribution is -2.53. The zero-order chi connectivity index (χ0) is 37.0. The molecule has 0 spiro atoms. The van der Waals surface area contributed by atoms with Gasteiger partial charge in [-0.15, -0.1) is 0 Å². The molecule has 1 aliphatic rings. The molecule has 1 heterocycles. The summed E-state index contributed by atoms with van der Waals surface area (Å²) >= 11 is 0. The van der Waals surface area contributed by atoms with Gasteiger partial charge in [-0.3, -0.25) is 14.6 Å². The fourth-order valence-corrected chi connectivity index (χ4v) is 6.16. The fourth-order valence-electron chi connectivity index (χ4n) is 6.16. The lowest BCUT2D eigenvalue weighted by Gasteiger charge is -2.32. The van der Waals surface area contributed by atoms with E-state index in [1.165, 1.54) is 5.01 Å². The number of ether oxygens (including phenoxy) is 1. The standard InChI is InChI=1S/C43H41N5O5/c1-46(43(52)44-28-34-11-4-2-5-12-34)48-26-25-47(29-37-17-10-16-36-15-8-9-18-38(36)37)42(51)39(45-40(49)30-48)27-33-21-19-32(20-22-33)23-24-41(50)53-31-35-13-6-3-7-14-35/h2-22,39H,25-31H2,1H3,(H,44,52)(H,45,49)/t39-/m0/s1. The molecule has 5 aromatic rings. The molecule has 10 nitrogen and oxygen atoms in total. The SMILES string of the molecule is CN(C(=O)NCc1ccccc1)N1CCN(Cc2cccc3ccccc23)C(=O)[C@H](Cc2ccc(C#CC(=O)OCc3ccccc3)cc2)NC(=O)C1. The molecule has 0 bridgehead atoms. The Morgan fingerprint density at radius 3 is 2.25 bits per heavy atom. The molecule has 1 fully saturated rings. The summed E-state index contributed by atoms with van der Waals surface area (Å²) in [6.07, 6.45) is 0.233. The summed E-state index contributed by atoms with van der Waals surface area (Å²) in [6, 6.07) is 39.0. The van der Waals surface area contributed by atoms with Gasteiger partial charge >= 0.3 is 12.0 Å². The van der Waals surface area contributed by atoms with E-state index < -0.39 is 12.0 Å². The maximum absolute atomic E-state index is 14.3. The van der Waals surface area contributed by atoms with Gasteiger partial charge < -0.3 is 20.3 Å². The van der Waals surface area contributed by atoms with E-state index in [-0.39, 0.29) is 50.5 Å². The maximum atomic E-state index is 14.3. The topological polar surface area (TPSA) is 111 Å². The van der Waals surface area contributed by atoms with E-state index in [4.69, 9.17) is 4.74 Å². The Hall–Kier alpha value is -6.44. The van der Waals surface area contributed by atoms with Crippen LogP contribution in [0.1, 0.15) is 27.8 Å². The first-order valence-corrected chi connectivity index (χ1v) is 17.5. The van der Waals surface area contributed by atoms with Crippen LogP contribution in [0.5, 0.6) is 0 Å². The van der Waals surface area contributed by atoms with Gasteiger partial charge in [0.25, 0.3) is 0 Å². The highest BCUT2D eigenvalue weighted by Gasteiger charge is 2.31. The molecular weight excluding hydrogens is 667 g/mol. The van der Waals surface area contributed by atoms with E-state index in [1.807, 2.05) is 115 Å². The molecule has 6 rings (SSSR count). The van der Waals surface area contributed by atoms with Crippen molar-refractivity contribution in [1.82, 2.24) is 25.6 Å². The zero-order valence-corrected chi connectivity index (χ0v) is 29.5. The van der Waals surface area contributed by atoms with Crippen molar-refractivity contribution in [2.75, 3.05) is 26.7 Å². The largest absolute Gasteiger partial charge is 0.451 e. The molecule has 0 radical (unpaired) electrons. The highest BCUT2D eigenvalue weighted by Crippen LogP contribution is 2.21. The van der Waals surface area contributed by atoms with Crippen LogP contribution in [0.15, 0.2) is 127 Å². The lowest BCUT2D eigenvalue weighted by atomic mass is 10.0. The molecule has 0 aromatic heterocycles. The predicted octanol–water partition coefficient (Wildman–Crippen LogP) is 5.06. The average Bonchev–Trinajstić information content (AvgIpc) is 3.24. The van der Waals surface area contributed by atoms with Crippen molar-refractivity contribution < 1.29 is 23.9 Å². The molecule has 0 unspecified atom stereocenters. The number of amides is 4. The van der Waals surface area contributed by atoms with Crippen molar-refractivity contribution in [3.63, 3.8) is 0 Å². The Kier molecular flexibility index (Phi) is 12.1. The first kappa shape index (κ1) is 36.4. The molecule has 0 saturated carbocycles. The molecule has 1 saturated heterocycles. The molecule has 268 valence electrons. The minimum Gasteiger partial charge on any atom is -0.451 e. The first-order chi connectivity index (χ1) is 25.8. The Morgan fingerprint density at radius 2 is 1.49 bits per heavy atom. The molecule has 1 atom stereocenters. The Bertz CT molecular complexity index is 2110. The van der Waals surface area contributed by atoms with Crippen molar-refractivity contribution in [2.24, 2.45) is 0 Å². The normalized spacial score (nSPS) is 14.9. The van der Waals surface area contributed by atoms with Crippen LogP contribution in [0.25, 0.3) is 10.8 Å². The average molecular weight is 708 g/mol. The summed E-state index contributed by atoms with van der Waals surface area (Å²) in [5, 5.41) is 11.0. The third-order valence-electron chi connectivity index (χ3n) is 9.06. The van der Waals surface area contributed by atoms with Gasteiger partial charge in [-0.05, 0) is 45.2 Å². The van der Waals surface area contributed by atoms with E-state index in [2.05, 4.69) is 22.5 Å². The van der Waals surface area contributed by atoms with E-state index >= 15 is 0 Å². The number of esters is 1. The fraction of sp³-hybridized carbons (Fsp3) is 0.209. The number of benzene rings is 5. The molecule has 53 heavy (non-hydrogen) atoms. The van der Waals surface area contributed by atoms with Crippen molar-refractivity contribution in [2.45, 2.75) is 32.2 Å². The second-order valence-corrected chi connectivity index (χ2v) is 12.8. The van der Waals surface area contributed by atoms with Gasteiger partial charge in [0.15, 0.2) is 0 Å². The lowest BCUT2D eigenvalue weighted by molar-refractivity contribution is -0.138. The molecule has 10 heteroatoms. The van der Waals surface area contributed by atoms with Crippen LogP contribution >= 0.6 is 0 Å². The summed E-state index contributed by atoms with van der Waals surface area (Å²) in [5.74, 6) is 4.12. The predicted molar refractivity (Wildman–Crippen MR) is 203 cm³/mol. The van der Waals surface area contributed by atoms with Gasteiger partial charge in [-0.1, -0.05) is 121 Å². The number of rotatable bonds is 9. The van der Waals surface area contributed by atoms with Crippen LogP contribution in [0.2, 0.25) is 0 Å². The third-order valence-corrected chi connectivity index (χ3v) is 9.06. The number of hydrogen-bond donors (Lipinski definition) is 2. The molecule has 1 aliphatic heterocycles. The molecule has 5 aromatic carbocycles. The van der Waals surface area contributed by atoms with Crippen LogP contribution in [0.4, 0.5) is 4.79 Å². The number of nitrogens with zero attached hydrogens (tertiary/aromatic N) is 3. The Labute approximate surface area is 309 Å². The summed E-state index contributed by atoms with van der Waals surface area (Å²) in [7, 11) is 1.62. The van der Waals surface area contributed by atoms with E-state index in [0.717, 1.165) is 33.0 Å².